The van der Waals surface area contributed by atoms with E-state index in [4.69, 9.17) is 9.97 Å². The van der Waals surface area contributed by atoms with E-state index in [0.717, 1.165) is 49.9 Å². The van der Waals surface area contributed by atoms with Gasteiger partial charge in [-0.15, -0.1) is 0 Å². The van der Waals surface area contributed by atoms with Crippen LogP contribution >= 0.6 is 0 Å². The molecule has 2 heterocycles. The molecule has 0 saturated heterocycles. The van der Waals surface area contributed by atoms with Crippen molar-refractivity contribution < 1.29 is 9.59 Å². The number of benzene rings is 5. The van der Waals surface area contributed by atoms with Gasteiger partial charge in [0.15, 0.2) is 11.6 Å². The Morgan fingerprint density at radius 3 is 1.55 bits per heavy atom. The first-order chi connectivity index (χ1) is 23.8. The fraction of sp³-hybridized carbons (Fsp3) is 0.0732. The van der Waals surface area contributed by atoms with Crippen LogP contribution < -0.4 is 10.6 Å². The number of carbonyl (C=O) groups is 2. The Morgan fingerprint density at radius 2 is 1.06 bits per heavy atom. The Hall–Kier alpha value is -6.54. The minimum Gasteiger partial charge on any atom is -0.337 e. The maximum absolute atomic E-state index is 13.3. The lowest BCUT2D eigenvalue weighted by Gasteiger charge is -2.11. The van der Waals surface area contributed by atoms with Crippen LogP contribution in [0.4, 0.5) is 0 Å². The van der Waals surface area contributed by atoms with Crippen molar-refractivity contribution in [1.29, 1.82) is 0 Å². The van der Waals surface area contributed by atoms with Crippen LogP contribution in [0.2, 0.25) is 0 Å². The molecule has 0 atom stereocenters. The Balaban J connectivity index is 1.26. The van der Waals surface area contributed by atoms with Gasteiger partial charge in [-0.2, -0.15) is 0 Å². The predicted octanol–water partition coefficient (Wildman–Crippen LogP) is 8.22. The van der Waals surface area contributed by atoms with Gasteiger partial charge in [-0.05, 0) is 109 Å². The molecule has 49 heavy (non-hydrogen) atoms. The average molecular weight is 643 g/mol. The fourth-order valence-electron chi connectivity index (χ4n) is 5.67. The molecule has 2 amide bonds. The number of amides is 2. The molecule has 5 aromatic carbocycles. The van der Waals surface area contributed by atoms with Gasteiger partial charge in [0.2, 0.25) is 0 Å². The first kappa shape index (κ1) is 31.1. The van der Waals surface area contributed by atoms with Crippen molar-refractivity contribution in [1.82, 2.24) is 30.6 Å². The molecule has 8 nitrogen and oxygen atoms in total. The van der Waals surface area contributed by atoms with Crippen molar-refractivity contribution in [3.63, 3.8) is 0 Å². The largest absolute Gasteiger partial charge is 0.337 e. The van der Waals surface area contributed by atoms with Gasteiger partial charge in [0.25, 0.3) is 11.8 Å². The lowest BCUT2D eigenvalue weighted by atomic mass is 10.0. The van der Waals surface area contributed by atoms with E-state index in [-0.39, 0.29) is 11.8 Å². The Labute approximate surface area is 283 Å². The molecule has 0 aliphatic carbocycles. The van der Waals surface area contributed by atoms with Gasteiger partial charge in [0, 0.05) is 11.1 Å². The van der Waals surface area contributed by atoms with Gasteiger partial charge < -0.3 is 20.6 Å². The Bertz CT molecular complexity index is 2400. The summed E-state index contributed by atoms with van der Waals surface area (Å²) < 4.78 is 0. The molecular weight excluding hydrogens is 608 g/mol. The van der Waals surface area contributed by atoms with E-state index < -0.39 is 0 Å². The molecule has 0 fully saturated rings. The zero-order valence-corrected chi connectivity index (χ0v) is 27.3. The topological polar surface area (TPSA) is 116 Å². The summed E-state index contributed by atoms with van der Waals surface area (Å²) in [6, 6.07) is 36.2. The van der Waals surface area contributed by atoms with Crippen LogP contribution in [0.3, 0.4) is 0 Å². The Morgan fingerprint density at radius 1 is 0.571 bits per heavy atom. The molecule has 8 heteroatoms. The molecular formula is C41H34N6O2. The highest BCUT2D eigenvalue weighted by atomic mass is 16.2. The van der Waals surface area contributed by atoms with Gasteiger partial charge in [0.1, 0.15) is 0 Å². The average Bonchev–Trinajstić information content (AvgIpc) is 3.73. The second-order valence-corrected chi connectivity index (χ2v) is 12.1. The molecule has 0 saturated carbocycles. The van der Waals surface area contributed by atoms with Gasteiger partial charge in [0.05, 0.1) is 33.5 Å². The highest BCUT2D eigenvalue weighted by Crippen LogP contribution is 2.24. The van der Waals surface area contributed by atoms with E-state index in [9.17, 15) is 9.59 Å². The number of hydrogen-bond acceptors (Lipinski definition) is 4. The van der Waals surface area contributed by atoms with Crippen LogP contribution in [0, 0.1) is 20.8 Å². The van der Waals surface area contributed by atoms with Crippen molar-refractivity contribution >= 4 is 57.4 Å². The summed E-state index contributed by atoms with van der Waals surface area (Å²) in [4.78, 5) is 42.9. The predicted molar refractivity (Wildman–Crippen MR) is 196 cm³/mol. The summed E-state index contributed by atoms with van der Waals surface area (Å²) >= 11 is 0. The van der Waals surface area contributed by atoms with E-state index in [0.29, 0.717) is 34.2 Å². The highest BCUT2D eigenvalue weighted by Gasteiger charge is 2.16. The summed E-state index contributed by atoms with van der Waals surface area (Å²) in [6.45, 7) is 6.06. The van der Waals surface area contributed by atoms with Crippen LogP contribution in [-0.2, 0) is 0 Å². The smallest absolute Gasteiger partial charge is 0.255 e. The number of carbonyl (C=O) groups excluding carboxylic acids is 2. The van der Waals surface area contributed by atoms with Crippen molar-refractivity contribution in [3.8, 4) is 0 Å². The quantitative estimate of drug-likeness (QED) is 0.134. The zero-order chi connectivity index (χ0) is 33.9. The number of nitrogens with zero attached hydrogens (tertiary/aromatic N) is 2. The molecule has 7 rings (SSSR count). The summed E-state index contributed by atoms with van der Waals surface area (Å²) in [5, 5.41) is 6.15. The van der Waals surface area contributed by atoms with Gasteiger partial charge in [-0.3, -0.25) is 9.59 Å². The second kappa shape index (κ2) is 13.3. The van der Waals surface area contributed by atoms with Crippen LogP contribution in [0.5, 0.6) is 0 Å². The van der Waals surface area contributed by atoms with Gasteiger partial charge in [-0.1, -0.05) is 66.7 Å². The van der Waals surface area contributed by atoms with Crippen LogP contribution in [0.25, 0.3) is 45.6 Å². The number of rotatable bonds is 8. The number of aromatic nitrogens is 4. The Kier molecular flexibility index (Phi) is 8.43. The summed E-state index contributed by atoms with van der Waals surface area (Å²) in [5.74, 6) is 0.636. The molecule has 0 spiro atoms. The van der Waals surface area contributed by atoms with Crippen LogP contribution in [0.1, 0.15) is 60.2 Å². The van der Waals surface area contributed by atoms with Crippen molar-refractivity contribution in [2.75, 3.05) is 0 Å². The van der Waals surface area contributed by atoms with Gasteiger partial charge in [-0.25, -0.2) is 9.97 Å². The maximum Gasteiger partial charge on any atom is 0.255 e. The summed E-state index contributed by atoms with van der Waals surface area (Å²) in [6.07, 6.45) is 3.83. The number of aryl methyl sites for hydroxylation is 3. The van der Waals surface area contributed by atoms with E-state index in [2.05, 4.69) is 20.6 Å². The van der Waals surface area contributed by atoms with Gasteiger partial charge >= 0.3 is 0 Å². The molecule has 0 radical (unpaired) electrons. The third-order valence-electron chi connectivity index (χ3n) is 8.26. The van der Waals surface area contributed by atoms with Crippen molar-refractivity contribution in [3.05, 3.63) is 166 Å². The summed E-state index contributed by atoms with van der Waals surface area (Å²) in [7, 11) is 0. The maximum atomic E-state index is 13.3. The molecule has 2 aromatic heterocycles. The monoisotopic (exact) mass is 642 g/mol. The van der Waals surface area contributed by atoms with E-state index in [1.807, 2.05) is 124 Å². The molecule has 0 bridgehead atoms. The molecule has 0 aliphatic rings. The fourth-order valence-corrected chi connectivity index (χ4v) is 5.67. The van der Waals surface area contributed by atoms with E-state index >= 15 is 0 Å². The zero-order valence-electron chi connectivity index (χ0n) is 27.3. The first-order valence-electron chi connectivity index (χ1n) is 16.0. The lowest BCUT2D eigenvalue weighted by Crippen LogP contribution is -2.22. The van der Waals surface area contributed by atoms with Crippen LogP contribution in [0.15, 0.2) is 115 Å². The molecule has 4 N–H and O–H groups in total. The van der Waals surface area contributed by atoms with Crippen molar-refractivity contribution in [2.24, 2.45) is 0 Å². The van der Waals surface area contributed by atoms with Crippen molar-refractivity contribution in [2.45, 2.75) is 20.8 Å². The third kappa shape index (κ3) is 6.94. The molecule has 240 valence electrons. The minimum absolute atomic E-state index is 0.236. The number of fused-ring (bicyclic) bond motifs is 2. The number of hydrogen-bond donors (Lipinski definition) is 4. The molecule has 7 aromatic rings. The van der Waals surface area contributed by atoms with E-state index in [1.165, 1.54) is 0 Å². The number of nitrogens with one attached hydrogen (secondary N) is 4. The number of aromatic amines is 2. The third-order valence-corrected chi connectivity index (χ3v) is 8.26. The summed E-state index contributed by atoms with van der Waals surface area (Å²) in [5.41, 5.74) is 10.5. The SMILES string of the molecule is Cc1ccc2nc(/C(=C/c3ccc(/C=C(\NC(=O)c4ccccc4)c4nc5ccc(C)cc5[nH]4)c(C)c3)NC(=O)c3ccccc3)[nH]c2c1. The first-order valence-corrected chi connectivity index (χ1v) is 16.0. The molecule has 0 aliphatic heterocycles. The van der Waals surface area contributed by atoms with Crippen LogP contribution in [-0.4, -0.2) is 31.8 Å². The minimum atomic E-state index is -0.236. The number of H-pyrrole nitrogens is 2. The number of imidazole rings is 2. The normalized spacial score (nSPS) is 12.0. The van der Waals surface area contributed by atoms with E-state index in [1.54, 1.807) is 24.3 Å². The standard InChI is InChI=1S/C41H34N6O2/c1-25-14-18-32-34(20-25)44-38(42-32)36(46-40(48)29-10-6-4-7-11-29)23-28-16-17-31(27(3)22-28)24-37(47-41(49)30-12-8-5-9-13-30)39-43-33-19-15-26(2)21-35(33)45-39/h4-24H,1-3H3,(H,42,44)(H,43,45)(H,46,48)(H,47,49)/b36-23-,37-24-. The molecule has 0 unspecified atom stereocenters. The second-order valence-electron chi connectivity index (χ2n) is 12.1. The highest BCUT2D eigenvalue weighted by molar-refractivity contribution is 6.03. The lowest BCUT2D eigenvalue weighted by molar-refractivity contribution is 0.0965.